The minimum absolute atomic E-state index is 0.853. The molecule has 0 N–H and O–H groups in total. The SMILES string of the molecule is CCc1ccccc1C(CC1CCCC1)CC1CC1. The molecule has 2 fully saturated rings. The fraction of sp³-hybridized carbons (Fsp3) is 0.684. The highest BCUT2D eigenvalue weighted by atomic mass is 14.3. The topological polar surface area (TPSA) is 0 Å². The van der Waals surface area contributed by atoms with E-state index in [0.717, 1.165) is 17.8 Å². The van der Waals surface area contributed by atoms with Gasteiger partial charge >= 0.3 is 0 Å². The summed E-state index contributed by atoms with van der Waals surface area (Å²) in [6, 6.07) is 9.24. The molecule has 1 aromatic rings. The number of benzene rings is 1. The van der Waals surface area contributed by atoms with E-state index in [9.17, 15) is 0 Å². The molecule has 0 aliphatic heterocycles. The number of hydrogen-bond donors (Lipinski definition) is 0. The summed E-state index contributed by atoms with van der Waals surface area (Å²) in [6.07, 6.45) is 13.1. The first-order valence-electron chi connectivity index (χ1n) is 8.44. The second kappa shape index (κ2) is 6.11. The van der Waals surface area contributed by atoms with Crippen molar-refractivity contribution in [2.45, 2.75) is 70.6 Å². The summed E-state index contributed by atoms with van der Waals surface area (Å²) < 4.78 is 0. The molecule has 1 aromatic carbocycles. The minimum Gasteiger partial charge on any atom is -0.0620 e. The third-order valence-electron chi connectivity index (χ3n) is 5.28. The van der Waals surface area contributed by atoms with Crippen molar-refractivity contribution in [1.29, 1.82) is 0 Å². The molecule has 2 saturated carbocycles. The van der Waals surface area contributed by atoms with Crippen molar-refractivity contribution in [3.63, 3.8) is 0 Å². The molecule has 2 aliphatic rings. The molecule has 0 heteroatoms. The molecule has 104 valence electrons. The Morgan fingerprint density at radius 2 is 1.58 bits per heavy atom. The van der Waals surface area contributed by atoms with Crippen LogP contribution in [-0.4, -0.2) is 0 Å². The van der Waals surface area contributed by atoms with Gasteiger partial charge in [0.25, 0.3) is 0 Å². The van der Waals surface area contributed by atoms with Crippen LogP contribution in [0.2, 0.25) is 0 Å². The van der Waals surface area contributed by atoms with Crippen molar-refractivity contribution < 1.29 is 0 Å². The van der Waals surface area contributed by atoms with E-state index in [-0.39, 0.29) is 0 Å². The molecule has 0 heterocycles. The molecule has 3 rings (SSSR count). The van der Waals surface area contributed by atoms with Crippen molar-refractivity contribution >= 4 is 0 Å². The predicted molar refractivity (Wildman–Crippen MR) is 82.5 cm³/mol. The first-order chi connectivity index (χ1) is 9.36. The molecular formula is C19H28. The highest BCUT2D eigenvalue weighted by molar-refractivity contribution is 5.30. The van der Waals surface area contributed by atoms with Crippen LogP contribution in [0.1, 0.15) is 75.3 Å². The first-order valence-corrected chi connectivity index (χ1v) is 8.44. The lowest BCUT2D eigenvalue weighted by Gasteiger charge is -2.23. The normalized spacial score (nSPS) is 21.7. The average molecular weight is 256 g/mol. The van der Waals surface area contributed by atoms with Gasteiger partial charge in [0.2, 0.25) is 0 Å². The lowest BCUT2D eigenvalue weighted by molar-refractivity contribution is 0.415. The molecule has 0 aromatic heterocycles. The van der Waals surface area contributed by atoms with Gasteiger partial charge in [0.05, 0.1) is 0 Å². The van der Waals surface area contributed by atoms with E-state index in [4.69, 9.17) is 0 Å². The van der Waals surface area contributed by atoms with E-state index >= 15 is 0 Å². The monoisotopic (exact) mass is 256 g/mol. The maximum absolute atomic E-state index is 2.42. The summed E-state index contributed by atoms with van der Waals surface area (Å²) in [5.74, 6) is 2.93. The molecule has 1 atom stereocenters. The highest BCUT2D eigenvalue weighted by Crippen LogP contribution is 2.44. The van der Waals surface area contributed by atoms with Crippen LogP contribution in [-0.2, 0) is 6.42 Å². The number of hydrogen-bond acceptors (Lipinski definition) is 0. The summed E-state index contributed by atoms with van der Waals surface area (Å²) in [4.78, 5) is 0. The molecule has 0 saturated heterocycles. The highest BCUT2D eigenvalue weighted by Gasteiger charge is 2.29. The van der Waals surface area contributed by atoms with Crippen molar-refractivity contribution in [3.05, 3.63) is 35.4 Å². The Kier molecular flexibility index (Phi) is 4.25. The zero-order valence-corrected chi connectivity index (χ0v) is 12.4. The Morgan fingerprint density at radius 1 is 0.947 bits per heavy atom. The molecule has 0 nitrogen and oxygen atoms in total. The molecule has 0 bridgehead atoms. The van der Waals surface area contributed by atoms with Gasteiger partial charge in [0.1, 0.15) is 0 Å². The Bertz CT molecular complexity index is 396. The van der Waals surface area contributed by atoms with Gasteiger partial charge in [-0.2, -0.15) is 0 Å². The maximum Gasteiger partial charge on any atom is -0.0154 e. The molecule has 0 amide bonds. The third-order valence-corrected chi connectivity index (χ3v) is 5.28. The van der Waals surface area contributed by atoms with Gasteiger partial charge in [0, 0.05) is 0 Å². The van der Waals surface area contributed by atoms with Crippen molar-refractivity contribution in [1.82, 2.24) is 0 Å². The number of aryl methyl sites for hydroxylation is 1. The Balaban J connectivity index is 1.75. The van der Waals surface area contributed by atoms with Gasteiger partial charge in [0.15, 0.2) is 0 Å². The van der Waals surface area contributed by atoms with Gasteiger partial charge in [-0.3, -0.25) is 0 Å². The fourth-order valence-corrected chi connectivity index (χ4v) is 4.01. The average Bonchev–Trinajstić information content (AvgIpc) is 3.12. The lowest BCUT2D eigenvalue weighted by atomic mass is 9.82. The lowest BCUT2D eigenvalue weighted by Crippen LogP contribution is -2.08. The van der Waals surface area contributed by atoms with Gasteiger partial charge in [-0.1, -0.05) is 69.7 Å². The Labute approximate surface area is 118 Å². The minimum atomic E-state index is 0.853. The van der Waals surface area contributed by atoms with E-state index in [1.165, 1.54) is 57.8 Å². The molecule has 1 unspecified atom stereocenters. The predicted octanol–water partition coefficient (Wildman–Crippen LogP) is 5.71. The van der Waals surface area contributed by atoms with Crippen LogP contribution in [0.5, 0.6) is 0 Å². The van der Waals surface area contributed by atoms with Crippen LogP contribution in [0, 0.1) is 11.8 Å². The van der Waals surface area contributed by atoms with Crippen LogP contribution < -0.4 is 0 Å². The molecule has 0 radical (unpaired) electrons. The van der Waals surface area contributed by atoms with E-state index in [1.807, 2.05) is 0 Å². The van der Waals surface area contributed by atoms with Gasteiger partial charge < -0.3 is 0 Å². The van der Waals surface area contributed by atoms with E-state index in [1.54, 1.807) is 11.1 Å². The van der Waals surface area contributed by atoms with Gasteiger partial charge in [-0.05, 0) is 48.1 Å². The second-order valence-corrected chi connectivity index (χ2v) is 6.81. The summed E-state index contributed by atoms with van der Waals surface area (Å²) in [5, 5.41) is 0. The molecule has 0 spiro atoms. The smallest absolute Gasteiger partial charge is 0.0154 e. The van der Waals surface area contributed by atoms with E-state index in [0.29, 0.717) is 0 Å². The van der Waals surface area contributed by atoms with Crippen LogP contribution in [0.25, 0.3) is 0 Å². The quantitative estimate of drug-likeness (QED) is 0.611. The third kappa shape index (κ3) is 3.41. The van der Waals surface area contributed by atoms with Crippen LogP contribution in [0.3, 0.4) is 0 Å². The Morgan fingerprint density at radius 3 is 2.21 bits per heavy atom. The zero-order chi connectivity index (χ0) is 13.1. The van der Waals surface area contributed by atoms with E-state index < -0.39 is 0 Å². The molecule has 19 heavy (non-hydrogen) atoms. The van der Waals surface area contributed by atoms with Gasteiger partial charge in [-0.25, -0.2) is 0 Å². The van der Waals surface area contributed by atoms with Crippen molar-refractivity contribution in [2.75, 3.05) is 0 Å². The summed E-state index contributed by atoms with van der Waals surface area (Å²) in [6.45, 7) is 2.31. The van der Waals surface area contributed by atoms with Crippen LogP contribution in [0.15, 0.2) is 24.3 Å². The summed E-state index contributed by atoms with van der Waals surface area (Å²) in [5.41, 5.74) is 3.29. The fourth-order valence-electron chi connectivity index (χ4n) is 4.01. The zero-order valence-electron chi connectivity index (χ0n) is 12.4. The number of rotatable bonds is 6. The van der Waals surface area contributed by atoms with Crippen molar-refractivity contribution in [3.8, 4) is 0 Å². The summed E-state index contributed by atoms with van der Waals surface area (Å²) in [7, 11) is 0. The van der Waals surface area contributed by atoms with E-state index in [2.05, 4.69) is 31.2 Å². The largest absolute Gasteiger partial charge is 0.0620 e. The first kappa shape index (κ1) is 13.2. The standard InChI is InChI=1S/C19H28/c1-2-17-9-5-6-10-19(17)18(14-16-11-12-16)13-15-7-3-4-8-15/h5-6,9-10,15-16,18H,2-4,7-8,11-14H2,1H3. The van der Waals surface area contributed by atoms with Gasteiger partial charge in [-0.15, -0.1) is 0 Å². The maximum atomic E-state index is 2.42. The molecular weight excluding hydrogens is 228 g/mol. The van der Waals surface area contributed by atoms with Crippen molar-refractivity contribution in [2.24, 2.45) is 11.8 Å². The van der Waals surface area contributed by atoms with Crippen LogP contribution >= 0.6 is 0 Å². The summed E-state index contributed by atoms with van der Waals surface area (Å²) >= 11 is 0. The second-order valence-electron chi connectivity index (χ2n) is 6.81. The van der Waals surface area contributed by atoms with Crippen LogP contribution in [0.4, 0.5) is 0 Å². The molecule has 2 aliphatic carbocycles. The Hall–Kier alpha value is -0.780.